The minimum absolute atomic E-state index is 0.415. The molecule has 0 aromatic carbocycles. The van der Waals surface area contributed by atoms with Crippen molar-refractivity contribution in [3.8, 4) is 0 Å². The molecule has 88 valence electrons. The first-order valence-electron chi connectivity index (χ1n) is 6.57. The molecule has 0 aromatic rings. The summed E-state index contributed by atoms with van der Waals surface area (Å²) < 4.78 is 5.68. The highest BCUT2D eigenvalue weighted by atomic mass is 16.5. The Morgan fingerprint density at radius 3 is 2.67 bits per heavy atom. The van der Waals surface area contributed by atoms with Crippen molar-refractivity contribution in [3.63, 3.8) is 0 Å². The molecule has 2 atom stereocenters. The van der Waals surface area contributed by atoms with E-state index in [1.807, 2.05) is 0 Å². The van der Waals surface area contributed by atoms with Gasteiger partial charge in [0.15, 0.2) is 0 Å². The van der Waals surface area contributed by atoms with E-state index in [0.717, 1.165) is 6.61 Å². The standard InChI is InChI=1S/C13H25NO/c1-11(10-12-6-5-9-15-12)14-13(2)7-3-4-8-13/h11-12,14H,3-10H2,1-2H3. The minimum Gasteiger partial charge on any atom is -0.378 e. The fourth-order valence-corrected chi connectivity index (χ4v) is 3.18. The Kier molecular flexibility index (Phi) is 3.68. The Hall–Kier alpha value is -0.0800. The maximum atomic E-state index is 5.68. The number of hydrogen-bond acceptors (Lipinski definition) is 2. The first-order chi connectivity index (χ1) is 7.18. The van der Waals surface area contributed by atoms with Gasteiger partial charge in [-0.05, 0) is 46.0 Å². The van der Waals surface area contributed by atoms with Crippen LogP contribution in [0, 0.1) is 0 Å². The maximum absolute atomic E-state index is 5.68. The van der Waals surface area contributed by atoms with Crippen LogP contribution in [0.4, 0.5) is 0 Å². The van der Waals surface area contributed by atoms with Crippen molar-refractivity contribution in [3.05, 3.63) is 0 Å². The van der Waals surface area contributed by atoms with Crippen LogP contribution in [0.2, 0.25) is 0 Å². The van der Waals surface area contributed by atoms with Gasteiger partial charge in [0.25, 0.3) is 0 Å². The van der Waals surface area contributed by atoms with Gasteiger partial charge in [0.05, 0.1) is 6.10 Å². The summed E-state index contributed by atoms with van der Waals surface area (Å²) in [5.74, 6) is 0. The van der Waals surface area contributed by atoms with Crippen LogP contribution in [0.15, 0.2) is 0 Å². The molecule has 2 aliphatic rings. The van der Waals surface area contributed by atoms with E-state index >= 15 is 0 Å². The highest BCUT2D eigenvalue weighted by molar-refractivity contribution is 4.90. The maximum Gasteiger partial charge on any atom is 0.0590 e. The van der Waals surface area contributed by atoms with E-state index in [1.54, 1.807) is 0 Å². The average molecular weight is 211 g/mol. The van der Waals surface area contributed by atoms with E-state index < -0.39 is 0 Å². The zero-order chi connectivity index (χ0) is 10.7. The largest absolute Gasteiger partial charge is 0.378 e. The molecule has 0 spiro atoms. The molecule has 0 radical (unpaired) electrons. The summed E-state index contributed by atoms with van der Waals surface area (Å²) in [6.45, 7) is 5.67. The molecule has 1 heterocycles. The Morgan fingerprint density at radius 1 is 1.33 bits per heavy atom. The Morgan fingerprint density at radius 2 is 2.07 bits per heavy atom. The van der Waals surface area contributed by atoms with E-state index in [2.05, 4.69) is 19.2 Å². The Balaban J connectivity index is 1.73. The summed E-state index contributed by atoms with van der Waals surface area (Å²) in [5.41, 5.74) is 0.415. The molecule has 2 rings (SSSR count). The smallest absolute Gasteiger partial charge is 0.0590 e. The summed E-state index contributed by atoms with van der Waals surface area (Å²) in [4.78, 5) is 0. The third-order valence-electron chi connectivity index (χ3n) is 3.94. The number of rotatable bonds is 4. The summed E-state index contributed by atoms with van der Waals surface area (Å²) in [6, 6.07) is 0.608. The quantitative estimate of drug-likeness (QED) is 0.772. The zero-order valence-corrected chi connectivity index (χ0v) is 10.2. The summed E-state index contributed by atoms with van der Waals surface area (Å²) in [5, 5.41) is 3.80. The van der Waals surface area contributed by atoms with Crippen LogP contribution in [0.1, 0.15) is 58.8 Å². The van der Waals surface area contributed by atoms with Crippen molar-refractivity contribution in [1.82, 2.24) is 5.32 Å². The van der Waals surface area contributed by atoms with Crippen LogP contribution in [0.3, 0.4) is 0 Å². The molecule has 1 saturated heterocycles. The second-order valence-electron chi connectivity index (χ2n) is 5.68. The third-order valence-corrected chi connectivity index (χ3v) is 3.94. The molecule has 1 aliphatic heterocycles. The van der Waals surface area contributed by atoms with Gasteiger partial charge in [0, 0.05) is 18.2 Å². The Labute approximate surface area is 93.8 Å². The molecule has 2 heteroatoms. The molecule has 2 nitrogen and oxygen atoms in total. The van der Waals surface area contributed by atoms with Gasteiger partial charge < -0.3 is 10.1 Å². The third kappa shape index (κ3) is 3.18. The van der Waals surface area contributed by atoms with E-state index in [1.165, 1.54) is 44.9 Å². The molecular weight excluding hydrogens is 186 g/mol. The summed E-state index contributed by atoms with van der Waals surface area (Å²) in [7, 11) is 0. The number of ether oxygens (including phenoxy) is 1. The normalized spacial score (nSPS) is 32.0. The van der Waals surface area contributed by atoms with Crippen molar-refractivity contribution < 1.29 is 4.74 Å². The average Bonchev–Trinajstić information content (AvgIpc) is 2.76. The first kappa shape index (κ1) is 11.4. The molecule has 15 heavy (non-hydrogen) atoms. The molecule has 2 unspecified atom stereocenters. The van der Waals surface area contributed by atoms with Gasteiger partial charge in [0.1, 0.15) is 0 Å². The highest BCUT2D eigenvalue weighted by Crippen LogP contribution is 2.30. The van der Waals surface area contributed by atoms with Gasteiger partial charge in [-0.1, -0.05) is 12.8 Å². The number of nitrogens with one attached hydrogen (secondary N) is 1. The van der Waals surface area contributed by atoms with Crippen molar-refractivity contribution in [2.24, 2.45) is 0 Å². The highest BCUT2D eigenvalue weighted by Gasteiger charge is 2.30. The SMILES string of the molecule is CC(CC1CCCO1)NC1(C)CCCC1. The lowest BCUT2D eigenvalue weighted by Gasteiger charge is -2.30. The molecule has 1 N–H and O–H groups in total. The monoisotopic (exact) mass is 211 g/mol. The van der Waals surface area contributed by atoms with Crippen LogP contribution >= 0.6 is 0 Å². The second-order valence-corrected chi connectivity index (χ2v) is 5.68. The summed E-state index contributed by atoms with van der Waals surface area (Å²) in [6.07, 6.45) is 9.74. The molecule has 1 saturated carbocycles. The lowest BCUT2D eigenvalue weighted by Crippen LogP contribution is -2.46. The van der Waals surface area contributed by atoms with Crippen molar-refractivity contribution in [2.75, 3.05) is 6.61 Å². The van der Waals surface area contributed by atoms with E-state index in [0.29, 0.717) is 17.7 Å². The zero-order valence-electron chi connectivity index (χ0n) is 10.2. The van der Waals surface area contributed by atoms with Crippen molar-refractivity contribution in [2.45, 2.75) is 76.5 Å². The van der Waals surface area contributed by atoms with Gasteiger partial charge in [-0.2, -0.15) is 0 Å². The molecule has 2 fully saturated rings. The van der Waals surface area contributed by atoms with Crippen LogP contribution in [-0.2, 0) is 4.74 Å². The topological polar surface area (TPSA) is 21.3 Å². The fourth-order valence-electron chi connectivity index (χ4n) is 3.18. The van der Waals surface area contributed by atoms with Crippen LogP contribution in [0.25, 0.3) is 0 Å². The van der Waals surface area contributed by atoms with E-state index in [9.17, 15) is 0 Å². The van der Waals surface area contributed by atoms with Crippen LogP contribution in [0.5, 0.6) is 0 Å². The minimum atomic E-state index is 0.415. The van der Waals surface area contributed by atoms with Gasteiger partial charge in [0.2, 0.25) is 0 Å². The van der Waals surface area contributed by atoms with Crippen LogP contribution < -0.4 is 5.32 Å². The molecule has 0 aromatic heterocycles. The molecule has 1 aliphatic carbocycles. The van der Waals surface area contributed by atoms with Crippen molar-refractivity contribution in [1.29, 1.82) is 0 Å². The lowest BCUT2D eigenvalue weighted by molar-refractivity contribution is 0.0923. The van der Waals surface area contributed by atoms with Gasteiger partial charge in [-0.25, -0.2) is 0 Å². The van der Waals surface area contributed by atoms with Crippen LogP contribution in [-0.4, -0.2) is 24.3 Å². The predicted molar refractivity (Wildman–Crippen MR) is 63.1 cm³/mol. The van der Waals surface area contributed by atoms with E-state index in [4.69, 9.17) is 4.74 Å². The molecular formula is C13H25NO. The predicted octanol–water partition coefficient (Wildman–Crippen LogP) is 2.87. The summed E-state index contributed by atoms with van der Waals surface area (Å²) >= 11 is 0. The first-order valence-corrected chi connectivity index (χ1v) is 6.57. The van der Waals surface area contributed by atoms with Gasteiger partial charge >= 0.3 is 0 Å². The lowest BCUT2D eigenvalue weighted by atomic mass is 9.97. The number of hydrogen-bond donors (Lipinski definition) is 1. The Bertz CT molecular complexity index is 193. The fraction of sp³-hybridized carbons (Fsp3) is 1.00. The van der Waals surface area contributed by atoms with Gasteiger partial charge in [-0.3, -0.25) is 0 Å². The van der Waals surface area contributed by atoms with E-state index in [-0.39, 0.29) is 0 Å². The second kappa shape index (κ2) is 4.84. The van der Waals surface area contributed by atoms with Crippen molar-refractivity contribution >= 4 is 0 Å². The molecule has 0 amide bonds. The molecule has 0 bridgehead atoms. The van der Waals surface area contributed by atoms with Gasteiger partial charge in [-0.15, -0.1) is 0 Å².